The Morgan fingerprint density at radius 2 is 2.16 bits per heavy atom. The number of imide groups is 1. The second-order valence-electron chi connectivity index (χ2n) is 3.85. The van der Waals surface area contributed by atoms with Crippen LogP contribution in [0.4, 0.5) is 4.79 Å². The lowest BCUT2D eigenvalue weighted by Crippen LogP contribution is -2.36. The van der Waals surface area contributed by atoms with Crippen LogP contribution in [0.5, 0.6) is 0 Å². The van der Waals surface area contributed by atoms with Crippen molar-refractivity contribution in [2.24, 2.45) is 5.73 Å². The highest BCUT2D eigenvalue weighted by Gasteiger charge is 2.11. The summed E-state index contributed by atoms with van der Waals surface area (Å²) in [6.07, 6.45) is 0. The van der Waals surface area contributed by atoms with Gasteiger partial charge in [-0.15, -0.1) is 5.10 Å². The molecule has 0 aliphatic heterocycles. The zero-order valence-corrected chi connectivity index (χ0v) is 11.2. The van der Waals surface area contributed by atoms with Crippen LogP contribution in [0, 0.1) is 13.8 Å². The van der Waals surface area contributed by atoms with E-state index in [-0.39, 0.29) is 5.75 Å². The van der Waals surface area contributed by atoms with Crippen molar-refractivity contribution in [1.82, 2.24) is 24.9 Å². The molecule has 0 atom stereocenters. The van der Waals surface area contributed by atoms with Gasteiger partial charge in [-0.05, 0) is 19.9 Å². The van der Waals surface area contributed by atoms with Crippen LogP contribution >= 0.6 is 11.8 Å². The van der Waals surface area contributed by atoms with Gasteiger partial charge in [0.05, 0.1) is 5.75 Å². The van der Waals surface area contributed by atoms with Crippen LogP contribution in [0.1, 0.15) is 11.4 Å². The SMILES string of the molecule is Cc1cc(C)n2nc(SCC(=O)NC(N)=O)nc2n1. The number of fused-ring (bicyclic) bond motifs is 1. The maximum Gasteiger partial charge on any atom is 0.318 e. The number of rotatable bonds is 3. The zero-order chi connectivity index (χ0) is 14.0. The van der Waals surface area contributed by atoms with E-state index in [4.69, 9.17) is 5.73 Å². The first kappa shape index (κ1) is 13.3. The van der Waals surface area contributed by atoms with Crippen molar-refractivity contribution in [3.63, 3.8) is 0 Å². The maximum atomic E-state index is 11.3. The first-order valence-corrected chi connectivity index (χ1v) is 6.37. The van der Waals surface area contributed by atoms with Gasteiger partial charge in [-0.2, -0.15) is 4.98 Å². The van der Waals surface area contributed by atoms with E-state index in [0.717, 1.165) is 23.1 Å². The van der Waals surface area contributed by atoms with Gasteiger partial charge in [0.15, 0.2) is 0 Å². The maximum absolute atomic E-state index is 11.3. The molecule has 19 heavy (non-hydrogen) atoms. The highest BCUT2D eigenvalue weighted by molar-refractivity contribution is 7.99. The number of urea groups is 1. The summed E-state index contributed by atoms with van der Waals surface area (Å²) >= 11 is 1.11. The number of aromatic nitrogens is 4. The van der Waals surface area contributed by atoms with Crippen LogP contribution in [0.3, 0.4) is 0 Å². The Balaban J connectivity index is 2.12. The number of amides is 3. The number of nitrogens with one attached hydrogen (secondary N) is 1. The average molecular weight is 280 g/mol. The molecule has 0 unspecified atom stereocenters. The molecular formula is C10H12N6O2S. The van der Waals surface area contributed by atoms with Gasteiger partial charge in [0, 0.05) is 11.4 Å². The molecule has 2 aromatic rings. The summed E-state index contributed by atoms with van der Waals surface area (Å²) in [5.41, 5.74) is 6.59. The van der Waals surface area contributed by atoms with E-state index < -0.39 is 11.9 Å². The van der Waals surface area contributed by atoms with E-state index in [2.05, 4.69) is 15.1 Å². The monoisotopic (exact) mass is 280 g/mol. The van der Waals surface area contributed by atoms with Crippen molar-refractivity contribution < 1.29 is 9.59 Å². The molecular weight excluding hydrogens is 268 g/mol. The smallest absolute Gasteiger partial charge is 0.318 e. The number of nitrogens with two attached hydrogens (primary N) is 1. The molecule has 2 aromatic heterocycles. The van der Waals surface area contributed by atoms with E-state index in [9.17, 15) is 9.59 Å². The molecule has 8 nitrogen and oxygen atoms in total. The van der Waals surface area contributed by atoms with Gasteiger partial charge in [0.25, 0.3) is 5.78 Å². The number of primary amides is 1. The highest BCUT2D eigenvalue weighted by atomic mass is 32.2. The topological polar surface area (TPSA) is 115 Å². The van der Waals surface area contributed by atoms with E-state index in [0.29, 0.717) is 10.9 Å². The van der Waals surface area contributed by atoms with E-state index in [1.807, 2.05) is 25.2 Å². The second-order valence-corrected chi connectivity index (χ2v) is 4.79. The van der Waals surface area contributed by atoms with Crippen LogP contribution in [0.15, 0.2) is 11.2 Å². The molecule has 0 radical (unpaired) electrons. The molecule has 0 saturated heterocycles. The predicted molar refractivity (Wildman–Crippen MR) is 68.7 cm³/mol. The van der Waals surface area contributed by atoms with Gasteiger partial charge in [-0.1, -0.05) is 11.8 Å². The lowest BCUT2D eigenvalue weighted by Gasteiger charge is -1.97. The summed E-state index contributed by atoms with van der Waals surface area (Å²) in [4.78, 5) is 30.2. The number of nitrogens with zero attached hydrogens (tertiary/aromatic N) is 4. The molecule has 2 rings (SSSR count). The second kappa shape index (κ2) is 5.22. The van der Waals surface area contributed by atoms with Crippen LogP contribution in [0.2, 0.25) is 0 Å². The molecule has 0 fully saturated rings. The van der Waals surface area contributed by atoms with Gasteiger partial charge in [-0.3, -0.25) is 10.1 Å². The van der Waals surface area contributed by atoms with Crippen molar-refractivity contribution in [3.8, 4) is 0 Å². The molecule has 2 heterocycles. The number of aryl methyl sites for hydroxylation is 2. The van der Waals surface area contributed by atoms with Crippen LogP contribution < -0.4 is 11.1 Å². The summed E-state index contributed by atoms with van der Waals surface area (Å²) in [6, 6.07) is 1.01. The minimum atomic E-state index is -0.873. The van der Waals surface area contributed by atoms with Gasteiger partial charge < -0.3 is 5.73 Å². The summed E-state index contributed by atoms with van der Waals surface area (Å²) < 4.78 is 1.60. The van der Waals surface area contributed by atoms with Gasteiger partial charge in [0.1, 0.15) is 0 Å². The minimum Gasteiger partial charge on any atom is -0.351 e. The zero-order valence-electron chi connectivity index (χ0n) is 10.4. The molecule has 0 saturated carbocycles. The van der Waals surface area contributed by atoms with E-state index >= 15 is 0 Å². The molecule has 0 aromatic carbocycles. The Labute approximate surface area is 112 Å². The number of hydrogen-bond acceptors (Lipinski definition) is 6. The predicted octanol–water partition coefficient (Wildman–Crippen LogP) is 0.0281. The minimum absolute atomic E-state index is 0.0118. The molecule has 0 aliphatic carbocycles. The van der Waals surface area contributed by atoms with E-state index in [1.165, 1.54) is 0 Å². The normalized spacial score (nSPS) is 10.6. The number of carbonyl (C=O) groups excluding carboxylic acids is 2. The van der Waals surface area contributed by atoms with E-state index in [1.54, 1.807) is 4.52 Å². The van der Waals surface area contributed by atoms with Crippen LogP contribution in [-0.2, 0) is 4.79 Å². The first-order chi connectivity index (χ1) is 8.95. The van der Waals surface area contributed by atoms with Crippen molar-refractivity contribution >= 4 is 29.5 Å². The largest absolute Gasteiger partial charge is 0.351 e. The van der Waals surface area contributed by atoms with Crippen LogP contribution in [-0.4, -0.2) is 37.3 Å². The number of hydrogen-bond donors (Lipinski definition) is 2. The Morgan fingerprint density at radius 1 is 1.42 bits per heavy atom. The fourth-order valence-electron chi connectivity index (χ4n) is 1.51. The Morgan fingerprint density at radius 3 is 2.84 bits per heavy atom. The summed E-state index contributed by atoms with van der Waals surface area (Å²) in [5, 5.41) is 6.60. The van der Waals surface area contributed by atoms with Gasteiger partial charge in [0.2, 0.25) is 11.1 Å². The summed E-state index contributed by atoms with van der Waals surface area (Å²) in [7, 11) is 0. The summed E-state index contributed by atoms with van der Waals surface area (Å²) in [6.45, 7) is 3.76. The third kappa shape index (κ3) is 3.19. The van der Waals surface area contributed by atoms with Crippen LogP contribution in [0.25, 0.3) is 5.78 Å². The first-order valence-electron chi connectivity index (χ1n) is 5.39. The van der Waals surface area contributed by atoms with Gasteiger partial charge >= 0.3 is 6.03 Å². The highest BCUT2D eigenvalue weighted by Crippen LogP contribution is 2.14. The third-order valence-corrected chi connectivity index (χ3v) is 3.03. The Hall–Kier alpha value is -2.16. The van der Waals surface area contributed by atoms with Crippen molar-refractivity contribution in [1.29, 1.82) is 0 Å². The molecule has 3 amide bonds. The molecule has 100 valence electrons. The summed E-state index contributed by atoms with van der Waals surface area (Å²) in [5.74, 6) is 0.00484. The lowest BCUT2D eigenvalue weighted by molar-refractivity contribution is -0.117. The average Bonchev–Trinajstić information content (AvgIpc) is 2.68. The molecule has 0 aliphatic rings. The Bertz CT molecular complexity index is 653. The fraction of sp³-hybridized carbons (Fsp3) is 0.300. The number of thioether (sulfide) groups is 1. The Kier molecular flexibility index (Phi) is 3.65. The third-order valence-electron chi connectivity index (χ3n) is 2.19. The fourth-order valence-corrected chi connectivity index (χ4v) is 2.13. The molecule has 0 bridgehead atoms. The standard InChI is InChI=1S/C10H12N6O2S/c1-5-3-6(2)16-9(12-5)14-10(15-16)19-4-7(17)13-8(11)18/h3H,4H2,1-2H3,(H3,11,13,17,18). The molecule has 3 N–H and O–H groups in total. The molecule has 0 spiro atoms. The van der Waals surface area contributed by atoms with Crippen molar-refractivity contribution in [3.05, 3.63) is 17.5 Å². The quantitative estimate of drug-likeness (QED) is 0.766. The lowest BCUT2D eigenvalue weighted by atomic mass is 10.4. The van der Waals surface area contributed by atoms with Gasteiger partial charge in [-0.25, -0.2) is 14.3 Å². The number of carbonyl (C=O) groups is 2. The van der Waals surface area contributed by atoms with Crippen molar-refractivity contribution in [2.75, 3.05) is 5.75 Å². The van der Waals surface area contributed by atoms with Crippen molar-refractivity contribution in [2.45, 2.75) is 19.0 Å². The molecule has 9 heteroatoms.